The Kier molecular flexibility index (Phi) is 5.20. The lowest BCUT2D eigenvalue weighted by Crippen LogP contribution is -2.36. The molecule has 0 atom stereocenters. The van der Waals surface area contributed by atoms with Gasteiger partial charge in [-0.3, -0.25) is 4.79 Å². The van der Waals surface area contributed by atoms with Crippen molar-refractivity contribution < 1.29 is 9.90 Å². The molecule has 0 bridgehead atoms. The summed E-state index contributed by atoms with van der Waals surface area (Å²) in [5, 5.41) is 8.74. The zero-order chi connectivity index (χ0) is 14.4. The van der Waals surface area contributed by atoms with E-state index in [4.69, 9.17) is 5.11 Å². The number of piperidine rings is 1. The average Bonchev–Trinajstić information content (AvgIpc) is 2.49. The third-order valence-electron chi connectivity index (χ3n) is 3.58. The normalized spacial score (nSPS) is 14.6. The number of benzene rings is 1. The maximum atomic E-state index is 12.5. The molecule has 1 saturated heterocycles. The summed E-state index contributed by atoms with van der Waals surface area (Å²) in [6.45, 7) is 3.75. The number of hydrogen-bond donors (Lipinski definition) is 1. The predicted octanol–water partition coefficient (Wildman–Crippen LogP) is 2.36. The van der Waals surface area contributed by atoms with Crippen molar-refractivity contribution in [3.05, 3.63) is 34.9 Å². The predicted molar refractivity (Wildman–Crippen MR) is 79.5 cm³/mol. The molecule has 3 heteroatoms. The molecular weight excluding hydrogens is 250 g/mol. The lowest BCUT2D eigenvalue weighted by molar-refractivity contribution is 0.0723. The number of rotatable bonds is 2. The summed E-state index contributed by atoms with van der Waals surface area (Å²) >= 11 is 0. The molecule has 0 spiro atoms. The van der Waals surface area contributed by atoms with Gasteiger partial charge in [0.15, 0.2) is 0 Å². The van der Waals surface area contributed by atoms with E-state index in [1.165, 1.54) is 6.42 Å². The van der Waals surface area contributed by atoms with Crippen molar-refractivity contribution in [1.82, 2.24) is 4.90 Å². The molecule has 0 aliphatic carbocycles. The second kappa shape index (κ2) is 7.12. The fraction of sp³-hybridized carbons (Fsp3) is 0.471. The highest BCUT2D eigenvalue weighted by atomic mass is 16.2. The summed E-state index contributed by atoms with van der Waals surface area (Å²) in [6.07, 6.45) is 3.88. The first-order valence-corrected chi connectivity index (χ1v) is 7.22. The Balaban J connectivity index is 2.19. The molecule has 0 aromatic heterocycles. The highest BCUT2D eigenvalue weighted by Crippen LogP contribution is 2.17. The molecule has 1 aromatic carbocycles. The standard InChI is InChI=1S/C17H21NO2/c1-14-8-9-15(7-3-6-12-19)13-16(14)17(20)18-10-4-2-5-11-18/h8-9,13,19H,2,4-6,10-12H2,1H3. The SMILES string of the molecule is Cc1ccc(C#CCCO)cc1C(=O)N1CCCCC1. The van der Waals surface area contributed by atoms with E-state index in [0.717, 1.165) is 42.6 Å². The van der Waals surface area contributed by atoms with Gasteiger partial charge in [-0.1, -0.05) is 17.9 Å². The van der Waals surface area contributed by atoms with Crippen molar-refractivity contribution >= 4 is 5.91 Å². The minimum Gasteiger partial charge on any atom is -0.395 e. The first-order valence-electron chi connectivity index (χ1n) is 7.22. The zero-order valence-electron chi connectivity index (χ0n) is 12.0. The van der Waals surface area contributed by atoms with Crippen LogP contribution in [0.25, 0.3) is 0 Å². The number of aliphatic hydroxyl groups is 1. The molecule has 1 heterocycles. The molecule has 2 rings (SSSR count). The largest absolute Gasteiger partial charge is 0.395 e. The molecule has 3 nitrogen and oxygen atoms in total. The average molecular weight is 271 g/mol. The van der Waals surface area contributed by atoms with Crippen LogP contribution < -0.4 is 0 Å². The van der Waals surface area contributed by atoms with Crippen LogP contribution in [-0.2, 0) is 0 Å². The third kappa shape index (κ3) is 3.61. The molecule has 1 aliphatic heterocycles. The molecule has 106 valence electrons. The van der Waals surface area contributed by atoms with Gasteiger partial charge in [0.25, 0.3) is 5.91 Å². The quantitative estimate of drug-likeness (QED) is 0.839. The van der Waals surface area contributed by atoms with Crippen LogP contribution in [0.1, 0.15) is 47.2 Å². The van der Waals surface area contributed by atoms with Gasteiger partial charge in [0.2, 0.25) is 0 Å². The van der Waals surface area contributed by atoms with Crippen molar-refractivity contribution in [3.8, 4) is 11.8 Å². The van der Waals surface area contributed by atoms with Crippen LogP contribution in [0.15, 0.2) is 18.2 Å². The Morgan fingerprint density at radius 1 is 1.30 bits per heavy atom. The van der Waals surface area contributed by atoms with Gasteiger partial charge in [0.05, 0.1) is 6.61 Å². The number of likely N-dealkylation sites (tertiary alicyclic amines) is 1. The van der Waals surface area contributed by atoms with E-state index in [0.29, 0.717) is 6.42 Å². The fourth-order valence-electron chi connectivity index (χ4n) is 2.42. The molecule has 0 radical (unpaired) electrons. The van der Waals surface area contributed by atoms with E-state index in [1.807, 2.05) is 30.0 Å². The number of amides is 1. The Morgan fingerprint density at radius 2 is 2.05 bits per heavy atom. The van der Waals surface area contributed by atoms with Crippen LogP contribution in [0.2, 0.25) is 0 Å². The maximum Gasteiger partial charge on any atom is 0.254 e. The van der Waals surface area contributed by atoms with E-state index in [2.05, 4.69) is 11.8 Å². The van der Waals surface area contributed by atoms with E-state index < -0.39 is 0 Å². The van der Waals surface area contributed by atoms with Crippen LogP contribution in [-0.4, -0.2) is 35.6 Å². The topological polar surface area (TPSA) is 40.5 Å². The Bertz CT molecular complexity index is 534. The molecule has 0 unspecified atom stereocenters. The summed E-state index contributed by atoms with van der Waals surface area (Å²) < 4.78 is 0. The minimum absolute atomic E-state index is 0.0679. The molecular formula is C17H21NO2. The van der Waals surface area contributed by atoms with Crippen LogP contribution >= 0.6 is 0 Å². The van der Waals surface area contributed by atoms with Crippen molar-refractivity contribution in [1.29, 1.82) is 0 Å². The van der Waals surface area contributed by atoms with Gasteiger partial charge in [-0.05, 0) is 43.9 Å². The van der Waals surface area contributed by atoms with Gasteiger partial charge in [0, 0.05) is 30.6 Å². The number of aliphatic hydroxyl groups excluding tert-OH is 1. The van der Waals surface area contributed by atoms with Crippen LogP contribution in [0.4, 0.5) is 0 Å². The Morgan fingerprint density at radius 3 is 2.75 bits per heavy atom. The Labute approximate surface area is 120 Å². The molecule has 1 aliphatic rings. The Hall–Kier alpha value is -1.79. The molecule has 1 aromatic rings. The minimum atomic E-state index is 0.0679. The van der Waals surface area contributed by atoms with Crippen molar-refractivity contribution in [2.45, 2.75) is 32.6 Å². The number of hydrogen-bond acceptors (Lipinski definition) is 2. The maximum absolute atomic E-state index is 12.5. The second-order valence-corrected chi connectivity index (χ2v) is 5.16. The van der Waals surface area contributed by atoms with E-state index >= 15 is 0 Å². The van der Waals surface area contributed by atoms with Crippen LogP contribution in [0.3, 0.4) is 0 Å². The van der Waals surface area contributed by atoms with Gasteiger partial charge in [-0.2, -0.15) is 0 Å². The van der Waals surface area contributed by atoms with Crippen molar-refractivity contribution in [2.75, 3.05) is 19.7 Å². The summed E-state index contributed by atoms with van der Waals surface area (Å²) in [5.74, 6) is 6.00. The molecule has 0 saturated carbocycles. The highest BCUT2D eigenvalue weighted by molar-refractivity contribution is 5.96. The van der Waals surface area contributed by atoms with Gasteiger partial charge < -0.3 is 10.0 Å². The van der Waals surface area contributed by atoms with Crippen molar-refractivity contribution in [3.63, 3.8) is 0 Å². The van der Waals surface area contributed by atoms with Gasteiger partial charge >= 0.3 is 0 Å². The van der Waals surface area contributed by atoms with Gasteiger partial charge in [-0.25, -0.2) is 0 Å². The first kappa shape index (κ1) is 14.6. The monoisotopic (exact) mass is 271 g/mol. The summed E-state index contributed by atoms with van der Waals surface area (Å²) in [4.78, 5) is 14.5. The number of aryl methyl sites for hydroxylation is 1. The zero-order valence-corrected chi connectivity index (χ0v) is 12.0. The molecule has 1 N–H and O–H groups in total. The van der Waals surface area contributed by atoms with E-state index in [-0.39, 0.29) is 12.5 Å². The van der Waals surface area contributed by atoms with Gasteiger partial charge in [0.1, 0.15) is 0 Å². The summed E-state index contributed by atoms with van der Waals surface area (Å²) in [5.41, 5.74) is 2.58. The molecule has 1 fully saturated rings. The highest BCUT2D eigenvalue weighted by Gasteiger charge is 2.19. The summed E-state index contributed by atoms with van der Waals surface area (Å²) in [6, 6.07) is 5.74. The lowest BCUT2D eigenvalue weighted by atomic mass is 10.0. The van der Waals surface area contributed by atoms with E-state index in [1.54, 1.807) is 0 Å². The smallest absolute Gasteiger partial charge is 0.254 e. The summed E-state index contributed by atoms with van der Waals surface area (Å²) in [7, 11) is 0. The molecule has 1 amide bonds. The van der Waals surface area contributed by atoms with Gasteiger partial charge in [-0.15, -0.1) is 0 Å². The fourth-order valence-corrected chi connectivity index (χ4v) is 2.42. The van der Waals surface area contributed by atoms with Crippen LogP contribution in [0.5, 0.6) is 0 Å². The lowest BCUT2D eigenvalue weighted by Gasteiger charge is -2.27. The first-order chi connectivity index (χ1) is 9.72. The van der Waals surface area contributed by atoms with Crippen LogP contribution in [0, 0.1) is 18.8 Å². The van der Waals surface area contributed by atoms with Crippen molar-refractivity contribution in [2.24, 2.45) is 0 Å². The van der Waals surface area contributed by atoms with E-state index in [9.17, 15) is 4.79 Å². The number of nitrogens with zero attached hydrogens (tertiary/aromatic N) is 1. The second-order valence-electron chi connectivity index (χ2n) is 5.16. The number of carbonyl (C=O) groups excluding carboxylic acids is 1. The number of carbonyl (C=O) groups is 1. The molecule has 20 heavy (non-hydrogen) atoms. The third-order valence-corrected chi connectivity index (χ3v) is 3.58.